The van der Waals surface area contributed by atoms with Crippen molar-refractivity contribution in [2.24, 2.45) is 5.92 Å². The fourth-order valence-electron chi connectivity index (χ4n) is 3.92. The van der Waals surface area contributed by atoms with Crippen molar-refractivity contribution in [1.29, 1.82) is 0 Å². The summed E-state index contributed by atoms with van der Waals surface area (Å²) < 4.78 is 1.44. The van der Waals surface area contributed by atoms with Gasteiger partial charge >= 0.3 is 161 Å². The zero-order chi connectivity index (χ0) is 18.4. The number of halogens is 1. The van der Waals surface area contributed by atoms with Gasteiger partial charge in [0.1, 0.15) is 0 Å². The Morgan fingerprint density at radius 2 is 0.731 bits per heavy atom. The Morgan fingerprint density at radius 3 is 1.00 bits per heavy atom. The summed E-state index contributed by atoms with van der Waals surface area (Å²) in [5, 5.41) is 0. The zero-order valence-corrected chi connectivity index (χ0v) is 21.5. The van der Waals surface area contributed by atoms with E-state index in [0.29, 0.717) is 0 Å². The van der Waals surface area contributed by atoms with Crippen LogP contribution in [0.4, 0.5) is 0 Å². The summed E-state index contributed by atoms with van der Waals surface area (Å²) in [6.07, 6.45) is 29.4. The van der Waals surface area contributed by atoms with Crippen LogP contribution in [0.25, 0.3) is 0 Å². The first-order valence-electron chi connectivity index (χ1n) is 12.1. The Labute approximate surface area is 190 Å². The van der Waals surface area contributed by atoms with Crippen molar-refractivity contribution >= 4 is 21.7 Å². The Hall–Kier alpha value is 1.25. The van der Waals surface area contributed by atoms with E-state index in [0.717, 1.165) is 5.92 Å². The van der Waals surface area contributed by atoms with Gasteiger partial charge in [0, 0.05) is 0 Å². The third-order valence-electron chi connectivity index (χ3n) is 5.84. The molecule has 0 saturated carbocycles. The fraction of sp³-hybridized carbons (Fsp3) is 1.00. The molecule has 0 saturated heterocycles. The second-order valence-electron chi connectivity index (χ2n) is 8.39. The van der Waals surface area contributed by atoms with Gasteiger partial charge in [0.25, 0.3) is 0 Å². The third kappa shape index (κ3) is 23.3. The SMILES string of the molecule is CCCCCCCCCCCCC([CH2][Mg+])CCCCCCCCCC.[Br-]. The Kier molecular flexibility index (Phi) is 29.7. The topological polar surface area (TPSA) is 0 Å². The molecule has 0 rings (SSSR count). The second kappa shape index (κ2) is 26.2. The molecule has 0 aliphatic carbocycles. The molecule has 0 amide bonds. The predicted molar refractivity (Wildman–Crippen MR) is 118 cm³/mol. The smallest absolute Gasteiger partial charge is 1.00 e. The van der Waals surface area contributed by atoms with Crippen LogP contribution in [-0.4, -0.2) is 21.7 Å². The molecule has 0 aliphatic rings. The molecule has 0 radical (unpaired) electrons. The average molecular weight is 442 g/mol. The van der Waals surface area contributed by atoms with Gasteiger partial charge in [0.05, 0.1) is 0 Å². The molecule has 0 nitrogen and oxygen atoms in total. The van der Waals surface area contributed by atoms with E-state index in [9.17, 15) is 0 Å². The predicted octanol–water partition coefficient (Wildman–Crippen LogP) is 6.04. The van der Waals surface area contributed by atoms with E-state index >= 15 is 0 Å². The van der Waals surface area contributed by atoms with E-state index in [1.165, 1.54) is 133 Å². The first-order chi connectivity index (χ1) is 12.3. The summed E-state index contributed by atoms with van der Waals surface area (Å²) in [7, 11) is 0. The molecule has 154 valence electrons. The number of hydrogen-bond acceptors (Lipinski definition) is 0. The van der Waals surface area contributed by atoms with Crippen LogP contribution in [-0.2, 0) is 0 Å². The third-order valence-corrected chi connectivity index (χ3v) is 6.66. The molecular formula is C24H49BrMg. The molecule has 0 bridgehead atoms. The van der Waals surface area contributed by atoms with Crippen molar-refractivity contribution in [2.75, 3.05) is 0 Å². The summed E-state index contributed by atoms with van der Waals surface area (Å²) in [6, 6.07) is 0. The monoisotopic (exact) mass is 440 g/mol. The molecule has 2 heteroatoms. The van der Waals surface area contributed by atoms with Crippen molar-refractivity contribution in [3.05, 3.63) is 0 Å². The summed E-state index contributed by atoms with van der Waals surface area (Å²) in [6.45, 7) is 4.61. The fourth-order valence-corrected chi connectivity index (χ4v) is 4.50. The summed E-state index contributed by atoms with van der Waals surface area (Å²) in [5.74, 6) is 1.03. The van der Waals surface area contributed by atoms with E-state index < -0.39 is 0 Å². The van der Waals surface area contributed by atoms with Gasteiger partial charge in [-0.1, -0.05) is 13.3 Å². The first kappa shape index (κ1) is 29.4. The van der Waals surface area contributed by atoms with Gasteiger partial charge in [-0.15, -0.1) is 0 Å². The van der Waals surface area contributed by atoms with E-state index in [2.05, 4.69) is 35.6 Å². The molecule has 0 spiro atoms. The molecule has 0 aromatic heterocycles. The van der Waals surface area contributed by atoms with Gasteiger partial charge in [-0.05, 0) is 0 Å². The van der Waals surface area contributed by atoms with Crippen LogP contribution < -0.4 is 17.0 Å². The molecule has 1 atom stereocenters. The van der Waals surface area contributed by atoms with Crippen LogP contribution in [0.2, 0.25) is 4.55 Å². The minimum absolute atomic E-state index is 0. The number of hydrogen-bond donors (Lipinski definition) is 0. The van der Waals surface area contributed by atoms with Crippen LogP contribution in [0.15, 0.2) is 0 Å². The van der Waals surface area contributed by atoms with Crippen LogP contribution >= 0.6 is 0 Å². The molecule has 0 heterocycles. The van der Waals surface area contributed by atoms with Crippen LogP contribution in [0.3, 0.4) is 0 Å². The Balaban J connectivity index is 0. The van der Waals surface area contributed by atoms with Crippen molar-refractivity contribution in [3.8, 4) is 0 Å². The maximum atomic E-state index is 2.31. The molecular weight excluding hydrogens is 392 g/mol. The molecule has 0 N–H and O–H groups in total. The van der Waals surface area contributed by atoms with Crippen molar-refractivity contribution in [1.82, 2.24) is 0 Å². The number of rotatable bonds is 21. The van der Waals surface area contributed by atoms with Crippen LogP contribution in [0.5, 0.6) is 0 Å². The minimum Gasteiger partial charge on any atom is -1.00 e. The molecule has 26 heavy (non-hydrogen) atoms. The Morgan fingerprint density at radius 1 is 0.462 bits per heavy atom. The van der Waals surface area contributed by atoms with Crippen LogP contribution in [0, 0.1) is 5.92 Å². The molecule has 1 unspecified atom stereocenters. The van der Waals surface area contributed by atoms with E-state index in [1.807, 2.05) is 0 Å². The Bertz CT molecular complexity index is 232. The van der Waals surface area contributed by atoms with Gasteiger partial charge in [-0.3, -0.25) is 0 Å². The second-order valence-corrected chi connectivity index (χ2v) is 8.97. The van der Waals surface area contributed by atoms with E-state index in [-0.39, 0.29) is 17.0 Å². The average Bonchev–Trinajstić information content (AvgIpc) is 2.63. The quantitative estimate of drug-likeness (QED) is 0.150. The van der Waals surface area contributed by atoms with Crippen LogP contribution in [0.1, 0.15) is 142 Å². The van der Waals surface area contributed by atoms with E-state index in [1.54, 1.807) is 0 Å². The van der Waals surface area contributed by atoms with Gasteiger partial charge in [0.15, 0.2) is 0 Å². The number of unbranched alkanes of at least 4 members (excludes halogenated alkanes) is 16. The van der Waals surface area contributed by atoms with Gasteiger partial charge in [-0.2, -0.15) is 0 Å². The van der Waals surface area contributed by atoms with E-state index in [4.69, 9.17) is 0 Å². The summed E-state index contributed by atoms with van der Waals surface area (Å²) in [5.41, 5.74) is 0. The normalized spacial score (nSPS) is 12.2. The minimum atomic E-state index is 0. The van der Waals surface area contributed by atoms with Gasteiger partial charge in [0.2, 0.25) is 0 Å². The molecule has 0 fully saturated rings. The molecule has 0 aliphatic heterocycles. The summed E-state index contributed by atoms with van der Waals surface area (Å²) >= 11 is 2.21. The maximum absolute atomic E-state index is 2.31. The van der Waals surface area contributed by atoms with Crippen molar-refractivity contribution in [3.63, 3.8) is 0 Å². The van der Waals surface area contributed by atoms with Crippen molar-refractivity contribution < 1.29 is 17.0 Å². The zero-order valence-electron chi connectivity index (χ0n) is 18.5. The van der Waals surface area contributed by atoms with Crippen molar-refractivity contribution in [2.45, 2.75) is 147 Å². The summed E-state index contributed by atoms with van der Waals surface area (Å²) in [4.78, 5) is 0. The molecule has 0 aromatic rings. The van der Waals surface area contributed by atoms with Gasteiger partial charge in [-0.25, -0.2) is 0 Å². The van der Waals surface area contributed by atoms with Gasteiger partial charge < -0.3 is 17.0 Å². The first-order valence-corrected chi connectivity index (χ1v) is 13.1. The molecule has 0 aromatic carbocycles. The standard InChI is InChI=1S/C24H49.BrH.Mg/c1-4-6-8-10-12-14-15-17-19-21-23-24(3)22-20-18-16-13-11-9-7-5-2;;/h24H,3-23H2,1-2H3;1H;/q;;+1/p-1.